The molecule has 0 bridgehead atoms. The molecule has 0 aromatic rings. The first-order valence-corrected chi connectivity index (χ1v) is 8.10. The summed E-state index contributed by atoms with van der Waals surface area (Å²) in [6.07, 6.45) is 2.25. The summed E-state index contributed by atoms with van der Waals surface area (Å²) < 4.78 is 14.7. The second-order valence-corrected chi connectivity index (χ2v) is 5.72. The average molecular weight is 333 g/mol. The Bertz CT molecular complexity index is 397. The van der Waals surface area contributed by atoms with E-state index in [-0.39, 0.29) is 26.2 Å². The lowest BCUT2D eigenvalue weighted by Gasteiger charge is -2.24. The molecular formula is C14H23NO6S. The van der Waals surface area contributed by atoms with Crippen LogP contribution in [0.4, 0.5) is 4.79 Å². The van der Waals surface area contributed by atoms with Crippen molar-refractivity contribution in [3.8, 4) is 0 Å². The van der Waals surface area contributed by atoms with Crippen LogP contribution in [0, 0.1) is 0 Å². The fraction of sp³-hybridized carbons (Fsp3) is 0.643. The van der Waals surface area contributed by atoms with Crippen LogP contribution in [0.1, 0.15) is 20.3 Å². The van der Waals surface area contributed by atoms with E-state index >= 15 is 0 Å². The largest absolute Gasteiger partial charge is 0.461 e. The molecule has 0 radical (unpaired) electrons. The van der Waals surface area contributed by atoms with E-state index in [2.05, 4.69) is 16.6 Å². The molecule has 22 heavy (non-hydrogen) atoms. The molecule has 1 N–H and O–H groups in total. The van der Waals surface area contributed by atoms with E-state index in [9.17, 15) is 14.4 Å². The Morgan fingerprint density at radius 1 is 1.23 bits per heavy atom. The number of alkyl carbamates (subject to hydrolysis) is 1. The number of hydrogen-bond donors (Lipinski definition) is 1. The summed E-state index contributed by atoms with van der Waals surface area (Å²) in [7, 11) is 0. The number of thioether (sulfide) groups is 1. The van der Waals surface area contributed by atoms with Gasteiger partial charge in [-0.15, -0.1) is 0 Å². The Labute approximate surface area is 134 Å². The molecule has 0 aromatic carbocycles. The summed E-state index contributed by atoms with van der Waals surface area (Å²) >= 11 is 1.58. The van der Waals surface area contributed by atoms with Gasteiger partial charge in [0.15, 0.2) is 0 Å². The highest BCUT2D eigenvalue weighted by molar-refractivity contribution is 7.98. The molecule has 0 spiro atoms. The van der Waals surface area contributed by atoms with Gasteiger partial charge in [0.1, 0.15) is 18.8 Å². The van der Waals surface area contributed by atoms with E-state index in [0.717, 1.165) is 6.08 Å². The Hall–Kier alpha value is -1.70. The normalized spacial score (nSPS) is 10.5. The van der Waals surface area contributed by atoms with Gasteiger partial charge >= 0.3 is 18.0 Å². The van der Waals surface area contributed by atoms with Crippen LogP contribution in [0.25, 0.3) is 0 Å². The molecule has 0 atom stereocenters. The van der Waals surface area contributed by atoms with Crippen LogP contribution in [-0.2, 0) is 23.8 Å². The molecule has 0 aliphatic rings. The topological polar surface area (TPSA) is 90.9 Å². The van der Waals surface area contributed by atoms with Crippen molar-refractivity contribution < 1.29 is 28.6 Å². The molecule has 0 aliphatic heterocycles. The lowest BCUT2D eigenvalue weighted by atomic mass is 10.2. The second kappa shape index (κ2) is 10.9. The number of carbonyl (C=O) groups excluding carboxylic acids is 3. The minimum absolute atomic E-state index is 0.0172. The van der Waals surface area contributed by atoms with E-state index < -0.39 is 23.6 Å². The van der Waals surface area contributed by atoms with Gasteiger partial charge in [-0.2, -0.15) is 11.8 Å². The molecule has 0 heterocycles. The van der Waals surface area contributed by atoms with E-state index in [1.807, 2.05) is 20.1 Å². The molecule has 0 rings (SSSR count). The van der Waals surface area contributed by atoms with Gasteiger partial charge < -0.3 is 19.5 Å². The van der Waals surface area contributed by atoms with Crippen molar-refractivity contribution in [3.63, 3.8) is 0 Å². The van der Waals surface area contributed by atoms with Crippen LogP contribution in [0.3, 0.4) is 0 Å². The summed E-state index contributed by atoms with van der Waals surface area (Å²) in [5, 5.41) is 2.38. The first kappa shape index (κ1) is 20.3. The molecule has 0 saturated heterocycles. The molecule has 0 aliphatic carbocycles. The number of hydrogen-bond acceptors (Lipinski definition) is 7. The molecule has 126 valence electrons. The fourth-order valence-electron chi connectivity index (χ4n) is 1.38. The van der Waals surface area contributed by atoms with Crippen LogP contribution in [0.2, 0.25) is 0 Å². The average Bonchev–Trinajstić information content (AvgIpc) is 2.42. The fourth-order valence-corrected chi connectivity index (χ4v) is 2.13. The van der Waals surface area contributed by atoms with Gasteiger partial charge in [-0.05, 0) is 20.1 Å². The van der Waals surface area contributed by atoms with Gasteiger partial charge in [0.2, 0.25) is 0 Å². The SMILES string of the molecule is C=CC(=O)OCCNC(=O)OCCC(=O)OC(C)(C)CSC. The first-order valence-electron chi connectivity index (χ1n) is 6.71. The Kier molecular flexibility index (Phi) is 10.1. The van der Waals surface area contributed by atoms with Crippen molar-refractivity contribution in [1.82, 2.24) is 5.32 Å². The third-order valence-electron chi connectivity index (χ3n) is 2.20. The smallest absolute Gasteiger partial charge is 0.407 e. The van der Waals surface area contributed by atoms with Crippen molar-refractivity contribution in [3.05, 3.63) is 12.7 Å². The van der Waals surface area contributed by atoms with Crippen LogP contribution < -0.4 is 5.32 Å². The van der Waals surface area contributed by atoms with Crippen LogP contribution >= 0.6 is 11.8 Å². The number of nitrogens with one attached hydrogen (secondary N) is 1. The highest BCUT2D eigenvalue weighted by Crippen LogP contribution is 2.15. The molecule has 7 nitrogen and oxygen atoms in total. The third-order valence-corrected chi connectivity index (χ3v) is 3.19. The van der Waals surface area contributed by atoms with Crippen LogP contribution in [-0.4, -0.2) is 55.4 Å². The maximum atomic E-state index is 11.6. The van der Waals surface area contributed by atoms with Crippen LogP contribution in [0.15, 0.2) is 12.7 Å². The zero-order chi connectivity index (χ0) is 17.0. The molecule has 0 saturated carbocycles. The van der Waals surface area contributed by atoms with E-state index in [4.69, 9.17) is 9.47 Å². The summed E-state index contributed by atoms with van der Waals surface area (Å²) in [6, 6.07) is 0. The van der Waals surface area contributed by atoms with Gasteiger partial charge in [0.05, 0.1) is 13.0 Å². The molecule has 1 amide bonds. The first-order chi connectivity index (χ1) is 10.3. The molecule has 0 aromatic heterocycles. The van der Waals surface area contributed by atoms with E-state index in [1.54, 1.807) is 11.8 Å². The lowest BCUT2D eigenvalue weighted by molar-refractivity contribution is -0.155. The molecule has 8 heteroatoms. The van der Waals surface area contributed by atoms with Crippen molar-refractivity contribution >= 4 is 29.8 Å². The Balaban J connectivity index is 3.73. The van der Waals surface area contributed by atoms with Gasteiger partial charge in [-0.25, -0.2) is 9.59 Å². The third kappa shape index (κ3) is 11.0. The quantitative estimate of drug-likeness (QED) is 0.280. The second-order valence-electron chi connectivity index (χ2n) is 4.85. The minimum atomic E-state index is -0.689. The molecule has 0 fully saturated rings. The summed E-state index contributed by atoms with van der Waals surface area (Å²) in [5.41, 5.74) is -0.548. The van der Waals surface area contributed by atoms with Crippen LogP contribution in [0.5, 0.6) is 0 Å². The van der Waals surface area contributed by atoms with Gasteiger partial charge in [-0.3, -0.25) is 4.79 Å². The van der Waals surface area contributed by atoms with Crippen molar-refractivity contribution in [2.24, 2.45) is 0 Å². The number of carbonyl (C=O) groups is 3. The lowest BCUT2D eigenvalue weighted by Crippen LogP contribution is -2.32. The van der Waals surface area contributed by atoms with Crippen molar-refractivity contribution in [1.29, 1.82) is 0 Å². The Morgan fingerprint density at radius 3 is 2.50 bits per heavy atom. The van der Waals surface area contributed by atoms with Gasteiger partial charge in [0, 0.05) is 11.8 Å². The zero-order valence-corrected chi connectivity index (χ0v) is 14.0. The van der Waals surface area contributed by atoms with E-state index in [1.165, 1.54) is 0 Å². The summed E-state index contributed by atoms with van der Waals surface area (Å²) in [5.74, 6) is -0.304. The summed E-state index contributed by atoms with van der Waals surface area (Å²) in [6.45, 7) is 6.93. The molecular weight excluding hydrogens is 310 g/mol. The number of rotatable bonds is 10. The zero-order valence-electron chi connectivity index (χ0n) is 13.2. The highest BCUT2D eigenvalue weighted by Gasteiger charge is 2.22. The Morgan fingerprint density at radius 2 is 1.91 bits per heavy atom. The predicted octanol–water partition coefficient (Wildman–Crippen LogP) is 1.52. The van der Waals surface area contributed by atoms with Crippen molar-refractivity contribution in [2.45, 2.75) is 25.9 Å². The van der Waals surface area contributed by atoms with Gasteiger partial charge in [-0.1, -0.05) is 6.58 Å². The number of esters is 2. The standard InChI is InChI=1S/C14H23NO6S/c1-5-11(16)19-9-7-15-13(18)20-8-6-12(17)21-14(2,3)10-22-4/h5H,1,6-10H2,2-4H3,(H,15,18). The number of ether oxygens (including phenoxy) is 3. The maximum absolute atomic E-state index is 11.6. The maximum Gasteiger partial charge on any atom is 0.407 e. The van der Waals surface area contributed by atoms with Crippen molar-refractivity contribution in [2.75, 3.05) is 31.8 Å². The predicted molar refractivity (Wildman–Crippen MR) is 83.7 cm³/mol. The monoisotopic (exact) mass is 333 g/mol. The van der Waals surface area contributed by atoms with Gasteiger partial charge in [0.25, 0.3) is 0 Å². The highest BCUT2D eigenvalue weighted by atomic mass is 32.2. The number of amides is 1. The minimum Gasteiger partial charge on any atom is -0.461 e. The van der Waals surface area contributed by atoms with E-state index in [0.29, 0.717) is 5.75 Å². The summed E-state index contributed by atoms with van der Waals surface area (Å²) in [4.78, 5) is 33.6. The molecule has 0 unspecified atom stereocenters.